The van der Waals surface area contributed by atoms with Crippen LogP contribution in [0.3, 0.4) is 0 Å². The molecule has 2 aromatic rings. The predicted octanol–water partition coefficient (Wildman–Crippen LogP) is 4.50. The molecule has 22 heavy (non-hydrogen) atoms. The maximum Gasteiger partial charge on any atom is 0.227 e. The third-order valence-corrected chi connectivity index (χ3v) is 3.73. The number of nitrogens with zero attached hydrogens (tertiary/aromatic N) is 3. The second-order valence-corrected chi connectivity index (χ2v) is 5.73. The van der Waals surface area contributed by atoms with Crippen molar-refractivity contribution in [3.63, 3.8) is 0 Å². The van der Waals surface area contributed by atoms with Crippen LogP contribution in [0.1, 0.15) is 44.9 Å². The van der Waals surface area contributed by atoms with Gasteiger partial charge in [-0.15, -0.1) is 0 Å². The van der Waals surface area contributed by atoms with Gasteiger partial charge in [0.25, 0.3) is 0 Å². The van der Waals surface area contributed by atoms with Gasteiger partial charge < -0.3 is 10.2 Å². The molecule has 118 valence electrons. The number of hydrogen-bond acceptors (Lipinski definition) is 4. The number of aryl methyl sites for hydroxylation is 1. The monoisotopic (exact) mass is 298 g/mol. The fourth-order valence-electron chi connectivity index (χ4n) is 2.52. The Hall–Kier alpha value is -2.10. The zero-order chi connectivity index (χ0) is 16.1. The molecule has 0 saturated heterocycles. The van der Waals surface area contributed by atoms with Crippen LogP contribution >= 0.6 is 0 Å². The molecule has 0 saturated carbocycles. The molecule has 0 bridgehead atoms. The molecule has 0 aliphatic rings. The van der Waals surface area contributed by atoms with E-state index in [1.165, 1.54) is 5.56 Å². The van der Waals surface area contributed by atoms with Crippen LogP contribution in [0.25, 0.3) is 0 Å². The average Bonchev–Trinajstić information content (AvgIpc) is 2.48. The zero-order valence-corrected chi connectivity index (χ0v) is 14.2. The Balaban J connectivity index is 2.34. The summed E-state index contributed by atoms with van der Waals surface area (Å²) in [6.07, 6.45) is 0. The Bertz CT molecular complexity index is 618. The Kier molecular flexibility index (Phi) is 5.36. The molecular weight excluding hydrogens is 272 g/mol. The fraction of sp³-hybridized carbons (Fsp3) is 0.444. The van der Waals surface area contributed by atoms with Crippen LogP contribution in [0.15, 0.2) is 30.3 Å². The van der Waals surface area contributed by atoms with Crippen molar-refractivity contribution in [1.29, 1.82) is 0 Å². The SMILES string of the molecule is CCN(CC)c1nc(C)cc(Nc2ccccc2C(C)C)n1. The van der Waals surface area contributed by atoms with Gasteiger partial charge in [-0.25, -0.2) is 4.98 Å². The van der Waals surface area contributed by atoms with Crippen molar-refractivity contribution >= 4 is 17.5 Å². The number of nitrogens with one attached hydrogen (secondary N) is 1. The second-order valence-electron chi connectivity index (χ2n) is 5.73. The van der Waals surface area contributed by atoms with Crippen molar-refractivity contribution in [3.05, 3.63) is 41.6 Å². The molecule has 0 unspecified atom stereocenters. The van der Waals surface area contributed by atoms with E-state index in [0.717, 1.165) is 36.2 Å². The molecule has 0 fully saturated rings. The van der Waals surface area contributed by atoms with Crippen molar-refractivity contribution in [2.45, 2.75) is 40.5 Å². The second kappa shape index (κ2) is 7.25. The van der Waals surface area contributed by atoms with E-state index in [1.54, 1.807) is 0 Å². The Morgan fingerprint density at radius 2 is 1.77 bits per heavy atom. The molecule has 1 N–H and O–H groups in total. The summed E-state index contributed by atoms with van der Waals surface area (Å²) < 4.78 is 0. The molecule has 0 spiro atoms. The number of anilines is 3. The van der Waals surface area contributed by atoms with Crippen LogP contribution in [-0.2, 0) is 0 Å². The number of benzene rings is 1. The summed E-state index contributed by atoms with van der Waals surface area (Å²) in [5.74, 6) is 2.10. The molecule has 0 atom stereocenters. The molecule has 0 amide bonds. The van der Waals surface area contributed by atoms with Gasteiger partial charge in [0.2, 0.25) is 5.95 Å². The lowest BCUT2D eigenvalue weighted by Crippen LogP contribution is -2.24. The van der Waals surface area contributed by atoms with Crippen molar-refractivity contribution in [2.75, 3.05) is 23.3 Å². The molecule has 1 aromatic carbocycles. The minimum atomic E-state index is 0.467. The number of rotatable bonds is 6. The average molecular weight is 298 g/mol. The summed E-state index contributed by atoms with van der Waals surface area (Å²) in [7, 11) is 0. The van der Waals surface area contributed by atoms with E-state index in [4.69, 9.17) is 0 Å². The molecule has 0 radical (unpaired) electrons. The van der Waals surface area contributed by atoms with Gasteiger partial charge in [-0.2, -0.15) is 4.98 Å². The highest BCUT2D eigenvalue weighted by molar-refractivity contribution is 5.62. The lowest BCUT2D eigenvalue weighted by molar-refractivity contribution is 0.817. The van der Waals surface area contributed by atoms with Crippen molar-refractivity contribution in [1.82, 2.24) is 9.97 Å². The van der Waals surface area contributed by atoms with Crippen molar-refractivity contribution in [2.24, 2.45) is 0 Å². The summed E-state index contributed by atoms with van der Waals surface area (Å²) in [4.78, 5) is 11.4. The molecule has 4 nitrogen and oxygen atoms in total. The standard InChI is InChI=1S/C18H26N4/c1-6-22(7-2)18-19-14(5)12-17(21-18)20-16-11-9-8-10-15(16)13(3)4/h8-13H,6-7H2,1-5H3,(H,19,20,21). The summed E-state index contributed by atoms with van der Waals surface area (Å²) in [5, 5.41) is 3.46. The van der Waals surface area contributed by atoms with Crippen molar-refractivity contribution in [3.8, 4) is 0 Å². The van der Waals surface area contributed by atoms with Crippen LogP contribution in [-0.4, -0.2) is 23.1 Å². The van der Waals surface area contributed by atoms with Gasteiger partial charge in [-0.1, -0.05) is 32.0 Å². The molecule has 2 rings (SSSR count). The normalized spacial score (nSPS) is 10.8. The van der Waals surface area contributed by atoms with Gasteiger partial charge >= 0.3 is 0 Å². The van der Waals surface area contributed by atoms with Gasteiger partial charge in [0.1, 0.15) is 5.82 Å². The molecule has 4 heteroatoms. The van der Waals surface area contributed by atoms with Crippen LogP contribution < -0.4 is 10.2 Å². The molecule has 1 heterocycles. The number of para-hydroxylation sites is 1. The maximum absolute atomic E-state index is 4.68. The van der Waals surface area contributed by atoms with E-state index in [2.05, 4.69) is 66.1 Å². The van der Waals surface area contributed by atoms with Gasteiger partial charge in [0, 0.05) is 30.5 Å². The third-order valence-electron chi connectivity index (χ3n) is 3.73. The Morgan fingerprint density at radius 1 is 1.09 bits per heavy atom. The Labute approximate surface area is 133 Å². The van der Waals surface area contributed by atoms with E-state index in [1.807, 2.05) is 19.1 Å². The van der Waals surface area contributed by atoms with Gasteiger partial charge in [0.15, 0.2) is 0 Å². The predicted molar refractivity (Wildman–Crippen MR) is 94.1 cm³/mol. The highest BCUT2D eigenvalue weighted by Gasteiger charge is 2.10. The number of aromatic nitrogens is 2. The van der Waals surface area contributed by atoms with Crippen LogP contribution in [0.4, 0.5) is 17.5 Å². The summed E-state index contributed by atoms with van der Waals surface area (Å²) >= 11 is 0. The van der Waals surface area contributed by atoms with E-state index >= 15 is 0 Å². The van der Waals surface area contributed by atoms with Gasteiger partial charge in [-0.3, -0.25) is 0 Å². The zero-order valence-electron chi connectivity index (χ0n) is 14.2. The topological polar surface area (TPSA) is 41.1 Å². The quantitative estimate of drug-likeness (QED) is 0.852. The Morgan fingerprint density at radius 3 is 2.41 bits per heavy atom. The first-order chi connectivity index (χ1) is 10.5. The minimum absolute atomic E-state index is 0.467. The fourth-order valence-corrected chi connectivity index (χ4v) is 2.52. The largest absolute Gasteiger partial charge is 0.341 e. The highest BCUT2D eigenvalue weighted by Crippen LogP contribution is 2.27. The molecule has 0 aliphatic heterocycles. The summed E-state index contributed by atoms with van der Waals surface area (Å²) in [6, 6.07) is 10.4. The maximum atomic E-state index is 4.68. The third kappa shape index (κ3) is 3.75. The van der Waals surface area contributed by atoms with Crippen LogP contribution in [0.5, 0.6) is 0 Å². The molecule has 1 aromatic heterocycles. The first-order valence-corrected chi connectivity index (χ1v) is 8.01. The first kappa shape index (κ1) is 16.3. The minimum Gasteiger partial charge on any atom is -0.341 e. The lowest BCUT2D eigenvalue weighted by atomic mass is 10.0. The van der Waals surface area contributed by atoms with Gasteiger partial charge in [0.05, 0.1) is 0 Å². The number of hydrogen-bond donors (Lipinski definition) is 1. The first-order valence-electron chi connectivity index (χ1n) is 8.01. The smallest absolute Gasteiger partial charge is 0.227 e. The summed E-state index contributed by atoms with van der Waals surface area (Å²) in [5.41, 5.74) is 3.38. The lowest BCUT2D eigenvalue weighted by Gasteiger charge is -2.20. The van der Waals surface area contributed by atoms with E-state index < -0.39 is 0 Å². The van der Waals surface area contributed by atoms with Crippen molar-refractivity contribution < 1.29 is 0 Å². The van der Waals surface area contributed by atoms with Gasteiger partial charge in [-0.05, 0) is 38.3 Å². The van der Waals surface area contributed by atoms with Crippen LogP contribution in [0, 0.1) is 6.92 Å². The highest BCUT2D eigenvalue weighted by atomic mass is 15.3. The van der Waals surface area contributed by atoms with E-state index in [0.29, 0.717) is 5.92 Å². The summed E-state index contributed by atoms with van der Waals surface area (Å²) in [6.45, 7) is 12.5. The van der Waals surface area contributed by atoms with E-state index in [9.17, 15) is 0 Å². The van der Waals surface area contributed by atoms with Crippen LogP contribution in [0.2, 0.25) is 0 Å². The van der Waals surface area contributed by atoms with E-state index in [-0.39, 0.29) is 0 Å². The molecule has 0 aliphatic carbocycles. The molecular formula is C18H26N4.